The van der Waals surface area contributed by atoms with Gasteiger partial charge in [0.05, 0.1) is 16.2 Å². The Kier molecular flexibility index (Phi) is 5.19. The van der Waals surface area contributed by atoms with Crippen molar-refractivity contribution in [2.24, 2.45) is 0 Å². The summed E-state index contributed by atoms with van der Waals surface area (Å²) >= 11 is 6.04. The molecule has 1 saturated heterocycles. The number of amides is 1. The van der Waals surface area contributed by atoms with Crippen molar-refractivity contribution >= 4 is 56.4 Å². The zero-order valence-corrected chi connectivity index (χ0v) is 13.9. The molecule has 0 saturated carbocycles. The Bertz CT molecular complexity index is 798. The van der Waals surface area contributed by atoms with Gasteiger partial charge in [-0.3, -0.25) is 14.2 Å². The van der Waals surface area contributed by atoms with Gasteiger partial charge >= 0.3 is 5.97 Å². The summed E-state index contributed by atoms with van der Waals surface area (Å²) in [6.45, 7) is -0.223. The van der Waals surface area contributed by atoms with Crippen molar-refractivity contribution in [3.8, 4) is 0 Å². The van der Waals surface area contributed by atoms with Gasteiger partial charge < -0.3 is 5.11 Å². The Balaban J connectivity index is 2.16. The number of carbonyl (C=O) groups excluding carboxylic acids is 1. The number of thiocarbonyl (C=S) groups is 1. The number of benzene rings is 1. The van der Waals surface area contributed by atoms with Crippen molar-refractivity contribution in [1.82, 2.24) is 4.90 Å². The van der Waals surface area contributed by atoms with Gasteiger partial charge in [0.15, 0.2) is 0 Å². The lowest BCUT2D eigenvalue weighted by Gasteiger charge is -2.12. The summed E-state index contributed by atoms with van der Waals surface area (Å²) in [7, 11) is -4.19. The summed E-state index contributed by atoms with van der Waals surface area (Å²) in [6.07, 6.45) is 1.54. The molecular weight excluding hydrogens is 362 g/mol. The first-order valence-corrected chi connectivity index (χ1v) is 9.04. The molecule has 1 aliphatic heterocycles. The smallest absolute Gasteiger partial charge is 0.335 e. The molecule has 0 atom stereocenters. The van der Waals surface area contributed by atoms with Crippen LogP contribution in [0.2, 0.25) is 0 Å². The molecule has 1 aromatic carbocycles. The summed E-state index contributed by atoms with van der Waals surface area (Å²) in [5, 5.41) is 8.83. The minimum absolute atomic E-state index is 0.128. The monoisotopic (exact) mass is 373 g/mol. The standard InChI is InChI=1S/C13H11NO6S3/c15-11-10(7-8-1-3-9(4-2-8)12(16)17)22-13(21)14(11)5-6-23(18,19)20/h1-4,7H,5-6H2,(H,16,17)(H,18,19,20)/b10-7-. The van der Waals surface area contributed by atoms with Crippen LogP contribution >= 0.6 is 24.0 Å². The molecule has 0 radical (unpaired) electrons. The molecule has 0 aromatic heterocycles. The fourth-order valence-electron chi connectivity index (χ4n) is 1.77. The summed E-state index contributed by atoms with van der Waals surface area (Å²) in [6, 6.07) is 5.92. The maximum Gasteiger partial charge on any atom is 0.335 e. The number of aromatic carboxylic acids is 1. The van der Waals surface area contributed by atoms with Crippen LogP contribution in [0, 0.1) is 0 Å². The van der Waals surface area contributed by atoms with Crippen LogP contribution in [0.4, 0.5) is 0 Å². The van der Waals surface area contributed by atoms with Crippen molar-refractivity contribution in [1.29, 1.82) is 0 Å². The van der Waals surface area contributed by atoms with E-state index in [1.54, 1.807) is 18.2 Å². The van der Waals surface area contributed by atoms with Crippen LogP contribution in [0.15, 0.2) is 29.2 Å². The number of carboxylic acid groups (broad SMARTS) is 1. The first-order chi connectivity index (χ1) is 10.7. The predicted octanol–water partition coefficient (Wildman–Crippen LogP) is 1.47. The normalized spacial score (nSPS) is 17.1. The maximum atomic E-state index is 12.2. The van der Waals surface area contributed by atoms with Crippen LogP contribution in [-0.2, 0) is 14.9 Å². The highest BCUT2D eigenvalue weighted by atomic mass is 32.2. The lowest BCUT2D eigenvalue weighted by atomic mass is 10.1. The van der Waals surface area contributed by atoms with E-state index in [0.717, 1.165) is 16.7 Å². The zero-order valence-electron chi connectivity index (χ0n) is 11.5. The lowest BCUT2D eigenvalue weighted by Crippen LogP contribution is -2.32. The van der Waals surface area contributed by atoms with Gasteiger partial charge in [-0.25, -0.2) is 4.79 Å². The molecule has 1 aromatic rings. The van der Waals surface area contributed by atoms with Crippen molar-refractivity contribution < 1.29 is 27.7 Å². The molecule has 1 amide bonds. The van der Waals surface area contributed by atoms with E-state index in [1.807, 2.05) is 0 Å². The number of rotatable bonds is 5. The van der Waals surface area contributed by atoms with Gasteiger partial charge in [-0.15, -0.1) is 0 Å². The highest BCUT2D eigenvalue weighted by molar-refractivity contribution is 8.26. The summed E-state index contributed by atoms with van der Waals surface area (Å²) in [5.74, 6) is -2.10. The fourth-order valence-corrected chi connectivity index (χ4v) is 3.49. The first-order valence-electron chi connectivity index (χ1n) is 6.21. The van der Waals surface area contributed by atoms with Crippen LogP contribution in [0.1, 0.15) is 15.9 Å². The van der Waals surface area contributed by atoms with Crippen LogP contribution in [-0.4, -0.2) is 51.5 Å². The van der Waals surface area contributed by atoms with E-state index in [2.05, 4.69) is 0 Å². The van der Waals surface area contributed by atoms with E-state index in [-0.39, 0.29) is 16.4 Å². The van der Waals surface area contributed by atoms with Crippen LogP contribution in [0.5, 0.6) is 0 Å². The molecule has 122 valence electrons. The molecule has 2 rings (SSSR count). The molecule has 23 heavy (non-hydrogen) atoms. The van der Waals surface area contributed by atoms with E-state index in [4.69, 9.17) is 21.9 Å². The Morgan fingerprint density at radius 3 is 2.43 bits per heavy atom. The number of carbonyl (C=O) groups is 2. The average Bonchev–Trinajstić information content (AvgIpc) is 2.71. The molecule has 2 N–H and O–H groups in total. The van der Waals surface area contributed by atoms with Gasteiger partial charge in [-0.1, -0.05) is 36.1 Å². The minimum atomic E-state index is -4.19. The molecule has 1 aliphatic rings. The van der Waals surface area contributed by atoms with Gasteiger partial charge in [0.25, 0.3) is 16.0 Å². The number of carboxylic acids is 1. The number of hydrogen-bond donors (Lipinski definition) is 2. The minimum Gasteiger partial charge on any atom is -0.478 e. The second-order valence-electron chi connectivity index (χ2n) is 4.55. The zero-order chi connectivity index (χ0) is 17.2. The van der Waals surface area contributed by atoms with Crippen LogP contribution in [0.3, 0.4) is 0 Å². The molecule has 7 nitrogen and oxygen atoms in total. The Morgan fingerprint density at radius 1 is 1.30 bits per heavy atom. The Hall–Kier alpha value is -1.75. The molecule has 0 unspecified atom stereocenters. The van der Waals surface area contributed by atoms with Crippen LogP contribution < -0.4 is 0 Å². The van der Waals surface area contributed by atoms with Crippen molar-refractivity contribution in [3.05, 3.63) is 40.3 Å². The Morgan fingerprint density at radius 2 is 1.91 bits per heavy atom. The molecule has 0 aliphatic carbocycles. The summed E-state index contributed by atoms with van der Waals surface area (Å²) in [4.78, 5) is 24.4. The van der Waals surface area contributed by atoms with Gasteiger partial charge in [0.2, 0.25) is 0 Å². The third kappa shape index (κ3) is 4.61. The van der Waals surface area contributed by atoms with E-state index < -0.39 is 27.7 Å². The second-order valence-corrected chi connectivity index (χ2v) is 7.79. The number of thioether (sulfide) groups is 1. The second kappa shape index (κ2) is 6.79. The van der Waals surface area contributed by atoms with Crippen LogP contribution in [0.25, 0.3) is 6.08 Å². The molecule has 10 heteroatoms. The Labute approximate surface area is 141 Å². The van der Waals surface area contributed by atoms with Gasteiger partial charge in [-0.2, -0.15) is 8.42 Å². The van der Waals surface area contributed by atoms with Crippen molar-refractivity contribution in [3.63, 3.8) is 0 Å². The topological polar surface area (TPSA) is 112 Å². The fraction of sp³-hybridized carbons (Fsp3) is 0.154. The molecule has 0 bridgehead atoms. The van der Waals surface area contributed by atoms with E-state index in [0.29, 0.717) is 10.5 Å². The molecule has 0 spiro atoms. The van der Waals surface area contributed by atoms with E-state index in [9.17, 15) is 18.0 Å². The van der Waals surface area contributed by atoms with Crippen molar-refractivity contribution in [2.45, 2.75) is 0 Å². The SMILES string of the molecule is O=C(O)c1ccc(/C=C2\SC(=S)N(CCS(=O)(=O)O)C2=O)cc1. The quantitative estimate of drug-likeness (QED) is 0.453. The van der Waals surface area contributed by atoms with Gasteiger partial charge in [-0.05, 0) is 23.8 Å². The first kappa shape index (κ1) is 17.6. The molecule has 1 fully saturated rings. The molecular formula is C13H11NO6S3. The van der Waals surface area contributed by atoms with E-state index in [1.165, 1.54) is 12.1 Å². The number of nitrogens with zero attached hydrogens (tertiary/aromatic N) is 1. The maximum absolute atomic E-state index is 12.2. The lowest BCUT2D eigenvalue weighted by molar-refractivity contribution is -0.121. The summed E-state index contributed by atoms with van der Waals surface area (Å²) in [5.41, 5.74) is 0.744. The highest BCUT2D eigenvalue weighted by Gasteiger charge is 2.32. The predicted molar refractivity (Wildman–Crippen MR) is 89.7 cm³/mol. The molecule has 1 heterocycles. The summed E-state index contributed by atoms with van der Waals surface area (Å²) < 4.78 is 30.5. The van der Waals surface area contributed by atoms with Gasteiger partial charge in [0.1, 0.15) is 4.32 Å². The number of hydrogen-bond acceptors (Lipinski definition) is 6. The van der Waals surface area contributed by atoms with Gasteiger partial charge in [0, 0.05) is 6.54 Å². The third-order valence-corrected chi connectivity index (χ3v) is 4.98. The highest BCUT2D eigenvalue weighted by Crippen LogP contribution is 2.32. The largest absolute Gasteiger partial charge is 0.478 e. The average molecular weight is 373 g/mol. The third-order valence-electron chi connectivity index (χ3n) is 2.90. The van der Waals surface area contributed by atoms with E-state index >= 15 is 0 Å². The van der Waals surface area contributed by atoms with Crippen molar-refractivity contribution in [2.75, 3.05) is 12.3 Å².